The summed E-state index contributed by atoms with van der Waals surface area (Å²) in [7, 11) is 0. The molecule has 0 aliphatic carbocycles. The molecule has 1 aliphatic heterocycles. The van der Waals surface area contributed by atoms with E-state index in [1.165, 1.54) is 36.7 Å². The predicted octanol–water partition coefficient (Wildman–Crippen LogP) is 4.19. The predicted molar refractivity (Wildman–Crippen MR) is 102 cm³/mol. The van der Waals surface area contributed by atoms with Crippen molar-refractivity contribution in [3.05, 3.63) is 48.4 Å². The molecule has 0 saturated carbocycles. The Balaban J connectivity index is 1.40. The fourth-order valence-corrected chi connectivity index (χ4v) is 3.71. The summed E-state index contributed by atoms with van der Waals surface area (Å²) in [6.07, 6.45) is 3.98. The van der Waals surface area contributed by atoms with Gasteiger partial charge in [0.25, 0.3) is 0 Å². The molecule has 4 rings (SSSR count). The normalized spacial score (nSPS) is 15.3. The topological polar surface area (TPSA) is 67.9 Å². The third-order valence-corrected chi connectivity index (χ3v) is 5.54. The molecule has 0 radical (unpaired) electrons. The zero-order valence-electron chi connectivity index (χ0n) is 15.0. The number of thioether (sulfide) groups is 1. The molecule has 0 bridgehead atoms. The molecule has 0 amide bonds. The van der Waals surface area contributed by atoms with Crippen molar-refractivity contribution in [3.63, 3.8) is 0 Å². The number of benzene rings is 1. The van der Waals surface area contributed by atoms with E-state index >= 15 is 0 Å². The molecule has 3 aromatic rings. The summed E-state index contributed by atoms with van der Waals surface area (Å²) in [4.78, 5) is 15.4. The van der Waals surface area contributed by atoms with Crippen molar-refractivity contribution in [2.24, 2.45) is 5.92 Å². The lowest BCUT2D eigenvalue weighted by atomic mass is 9.99. The number of piperidine rings is 1. The Morgan fingerprint density at radius 2 is 2.07 bits per heavy atom. The third-order valence-electron chi connectivity index (χ3n) is 4.63. The lowest BCUT2D eigenvalue weighted by Crippen LogP contribution is -2.33. The fraction of sp³-hybridized carbons (Fsp3) is 0.368. The van der Waals surface area contributed by atoms with E-state index in [0.29, 0.717) is 23.0 Å². The molecule has 0 N–H and O–H groups in total. The van der Waals surface area contributed by atoms with Crippen LogP contribution in [0.3, 0.4) is 0 Å². The van der Waals surface area contributed by atoms with Crippen molar-refractivity contribution < 1.29 is 8.91 Å². The van der Waals surface area contributed by atoms with Gasteiger partial charge >= 0.3 is 0 Å². The Morgan fingerprint density at radius 3 is 2.89 bits per heavy atom. The number of nitrogens with zero attached hydrogens (tertiary/aromatic N) is 5. The van der Waals surface area contributed by atoms with E-state index in [2.05, 4.69) is 31.9 Å². The Hall–Kier alpha value is -2.48. The Morgan fingerprint density at radius 1 is 1.22 bits per heavy atom. The van der Waals surface area contributed by atoms with Gasteiger partial charge in [-0.05, 0) is 30.9 Å². The minimum absolute atomic E-state index is 0.325. The second kappa shape index (κ2) is 8.04. The highest BCUT2D eigenvalue weighted by molar-refractivity contribution is 7.98. The smallest absolute Gasteiger partial charge is 0.237 e. The molecular weight excluding hydrogens is 365 g/mol. The van der Waals surface area contributed by atoms with Crippen molar-refractivity contribution in [2.75, 3.05) is 18.0 Å². The van der Waals surface area contributed by atoms with Gasteiger partial charge in [-0.1, -0.05) is 36.0 Å². The number of hydrogen-bond acceptors (Lipinski definition) is 7. The fourth-order valence-electron chi connectivity index (χ4n) is 3.01. The van der Waals surface area contributed by atoms with E-state index in [1.54, 1.807) is 18.5 Å². The second-order valence-electron chi connectivity index (χ2n) is 6.69. The summed E-state index contributed by atoms with van der Waals surface area (Å²) in [5.74, 6) is 2.78. The number of halogens is 1. The average Bonchev–Trinajstić information content (AvgIpc) is 3.16. The van der Waals surface area contributed by atoms with Crippen LogP contribution >= 0.6 is 11.8 Å². The summed E-state index contributed by atoms with van der Waals surface area (Å²) < 4.78 is 18.6. The summed E-state index contributed by atoms with van der Waals surface area (Å²) in [6, 6.07) is 8.15. The standard InChI is InChI=1S/C19H20FN5OS/c1-13-5-7-25(8-6-13)16-10-18(22-12-21-16)27-11-17-23-19(24-26-17)14-3-2-4-15(20)9-14/h2-4,9-10,12-13H,5-8,11H2,1H3. The Labute approximate surface area is 161 Å². The average molecular weight is 385 g/mol. The van der Waals surface area contributed by atoms with Crippen LogP contribution in [0.4, 0.5) is 10.2 Å². The van der Waals surface area contributed by atoms with Crippen LogP contribution in [0.2, 0.25) is 0 Å². The van der Waals surface area contributed by atoms with E-state index < -0.39 is 0 Å². The molecule has 0 atom stereocenters. The first-order valence-electron chi connectivity index (χ1n) is 8.96. The van der Waals surface area contributed by atoms with Crippen molar-refractivity contribution in [1.82, 2.24) is 20.1 Å². The molecule has 1 aliphatic rings. The zero-order valence-corrected chi connectivity index (χ0v) is 15.8. The summed E-state index contributed by atoms with van der Waals surface area (Å²) in [6.45, 7) is 4.35. The first-order valence-corrected chi connectivity index (χ1v) is 9.94. The summed E-state index contributed by atoms with van der Waals surface area (Å²) in [5.41, 5.74) is 0.596. The maximum Gasteiger partial charge on any atom is 0.237 e. The molecule has 140 valence electrons. The van der Waals surface area contributed by atoms with Crippen LogP contribution in [0.1, 0.15) is 25.7 Å². The van der Waals surface area contributed by atoms with Gasteiger partial charge < -0.3 is 9.42 Å². The van der Waals surface area contributed by atoms with Gasteiger partial charge in [0.05, 0.1) is 5.75 Å². The quantitative estimate of drug-likeness (QED) is 0.482. The van der Waals surface area contributed by atoms with Gasteiger partial charge in [-0.15, -0.1) is 0 Å². The molecule has 1 aromatic carbocycles. The largest absolute Gasteiger partial charge is 0.356 e. The van der Waals surface area contributed by atoms with Crippen molar-refractivity contribution >= 4 is 17.6 Å². The van der Waals surface area contributed by atoms with Crippen molar-refractivity contribution in [1.29, 1.82) is 0 Å². The molecule has 0 spiro atoms. The van der Waals surface area contributed by atoms with E-state index in [-0.39, 0.29) is 5.82 Å². The molecule has 27 heavy (non-hydrogen) atoms. The minimum Gasteiger partial charge on any atom is -0.356 e. The van der Waals surface area contributed by atoms with Crippen LogP contribution in [-0.2, 0) is 5.75 Å². The van der Waals surface area contributed by atoms with Gasteiger partial charge in [0, 0.05) is 24.7 Å². The molecule has 2 aromatic heterocycles. The van der Waals surface area contributed by atoms with E-state index in [9.17, 15) is 4.39 Å². The number of aromatic nitrogens is 4. The van der Waals surface area contributed by atoms with Crippen LogP contribution < -0.4 is 4.90 Å². The minimum atomic E-state index is -0.325. The lowest BCUT2D eigenvalue weighted by Gasteiger charge is -2.31. The highest BCUT2D eigenvalue weighted by Crippen LogP contribution is 2.26. The van der Waals surface area contributed by atoms with Crippen LogP contribution in [0, 0.1) is 11.7 Å². The van der Waals surface area contributed by atoms with Crippen molar-refractivity contribution in [3.8, 4) is 11.4 Å². The van der Waals surface area contributed by atoms with Gasteiger partial charge in [-0.25, -0.2) is 14.4 Å². The Bertz CT molecular complexity index is 910. The van der Waals surface area contributed by atoms with Crippen LogP contribution in [0.15, 0.2) is 46.2 Å². The number of hydrogen-bond donors (Lipinski definition) is 0. The van der Waals surface area contributed by atoms with Crippen LogP contribution in [0.25, 0.3) is 11.4 Å². The first-order chi connectivity index (χ1) is 13.2. The molecule has 1 saturated heterocycles. The SMILES string of the molecule is CC1CCN(c2cc(SCc3nc(-c4cccc(F)c4)no3)ncn2)CC1. The van der Waals surface area contributed by atoms with Gasteiger partial charge in [-0.3, -0.25) is 0 Å². The maximum atomic E-state index is 13.3. The first kappa shape index (κ1) is 17.9. The third kappa shape index (κ3) is 4.44. The highest BCUT2D eigenvalue weighted by Gasteiger charge is 2.17. The van der Waals surface area contributed by atoms with Gasteiger partial charge in [0.1, 0.15) is 23.0 Å². The molecule has 1 fully saturated rings. The van der Waals surface area contributed by atoms with Crippen molar-refractivity contribution in [2.45, 2.75) is 30.5 Å². The van der Waals surface area contributed by atoms with E-state index in [0.717, 1.165) is 29.9 Å². The van der Waals surface area contributed by atoms with E-state index in [1.807, 2.05) is 6.07 Å². The zero-order chi connectivity index (χ0) is 18.6. The Kier molecular flexibility index (Phi) is 5.33. The second-order valence-corrected chi connectivity index (χ2v) is 7.69. The molecule has 6 nitrogen and oxygen atoms in total. The number of rotatable bonds is 5. The van der Waals surface area contributed by atoms with Gasteiger partial charge in [0.2, 0.25) is 11.7 Å². The summed E-state index contributed by atoms with van der Waals surface area (Å²) in [5, 5.41) is 4.80. The monoisotopic (exact) mass is 385 g/mol. The number of anilines is 1. The molecule has 0 unspecified atom stereocenters. The molecular formula is C19H20FN5OS. The van der Waals surface area contributed by atoms with Gasteiger partial charge in [-0.2, -0.15) is 4.98 Å². The lowest BCUT2D eigenvalue weighted by molar-refractivity contribution is 0.391. The van der Waals surface area contributed by atoms with Crippen LogP contribution in [-0.4, -0.2) is 33.2 Å². The summed E-state index contributed by atoms with van der Waals surface area (Å²) >= 11 is 1.52. The highest BCUT2D eigenvalue weighted by atomic mass is 32.2. The van der Waals surface area contributed by atoms with Gasteiger partial charge in [0.15, 0.2) is 0 Å². The molecule has 8 heteroatoms. The van der Waals surface area contributed by atoms with Crippen LogP contribution in [0.5, 0.6) is 0 Å². The maximum absolute atomic E-state index is 13.3. The molecule has 3 heterocycles. The van der Waals surface area contributed by atoms with E-state index in [4.69, 9.17) is 4.52 Å².